The van der Waals surface area contributed by atoms with Gasteiger partial charge in [-0.3, -0.25) is 23.9 Å². The number of carbonyl (C=O) groups is 1. The van der Waals surface area contributed by atoms with Gasteiger partial charge in [0.15, 0.2) is 11.3 Å². The van der Waals surface area contributed by atoms with Gasteiger partial charge in [-0.15, -0.1) is 0 Å². The second-order valence-corrected chi connectivity index (χ2v) is 5.96. The highest BCUT2D eigenvalue weighted by atomic mass is 79.9. The summed E-state index contributed by atoms with van der Waals surface area (Å²) in [5.74, 6) is -0.318. The third-order valence-corrected chi connectivity index (χ3v) is 4.23. The smallest absolute Gasteiger partial charge is 0.305 e. The first-order valence-electron chi connectivity index (χ1n) is 6.88. The van der Waals surface area contributed by atoms with Crippen LogP contribution in [0.5, 0.6) is 0 Å². The van der Waals surface area contributed by atoms with Gasteiger partial charge in [-0.25, -0.2) is 9.78 Å². The fourth-order valence-electron chi connectivity index (χ4n) is 2.27. The summed E-state index contributed by atoms with van der Waals surface area (Å²) in [4.78, 5) is 56.5. The Labute approximate surface area is 142 Å². The van der Waals surface area contributed by atoms with Crippen LogP contribution < -0.4 is 16.8 Å². The number of hydrogen-bond donors (Lipinski definition) is 2. The van der Waals surface area contributed by atoms with Crippen molar-refractivity contribution in [1.29, 1.82) is 0 Å². The molecule has 9 heteroatoms. The van der Waals surface area contributed by atoms with E-state index >= 15 is 0 Å². The van der Waals surface area contributed by atoms with Gasteiger partial charge in [-0.1, -0.05) is 34.1 Å². The number of carbonyl (C=O) groups excluding carboxylic acids is 1. The monoisotopic (exact) mass is 390 g/mol. The van der Waals surface area contributed by atoms with E-state index in [4.69, 9.17) is 0 Å². The molecular formula is C15H11BrN4O4. The van der Waals surface area contributed by atoms with Crippen LogP contribution in [0.15, 0.2) is 43.1 Å². The first-order chi connectivity index (χ1) is 11.4. The van der Waals surface area contributed by atoms with Gasteiger partial charge in [-0.05, 0) is 6.07 Å². The minimum Gasteiger partial charge on any atom is -0.305 e. The second-order valence-electron chi connectivity index (χ2n) is 5.11. The summed E-state index contributed by atoms with van der Waals surface area (Å²) < 4.78 is 1.68. The number of nitrogens with one attached hydrogen (secondary N) is 2. The minimum atomic E-state index is -0.723. The molecule has 0 aliphatic heterocycles. The normalized spacial score (nSPS) is 10.9. The van der Waals surface area contributed by atoms with E-state index in [1.807, 2.05) is 0 Å². The van der Waals surface area contributed by atoms with Gasteiger partial charge in [0.1, 0.15) is 11.3 Å². The molecule has 0 aliphatic rings. The molecule has 1 aromatic carbocycles. The lowest BCUT2D eigenvalue weighted by molar-refractivity contribution is 0.0991. The second kappa shape index (κ2) is 6.00. The summed E-state index contributed by atoms with van der Waals surface area (Å²) >= 11 is 3.28. The molecule has 0 aliphatic carbocycles. The van der Waals surface area contributed by atoms with Crippen molar-refractivity contribution in [3.05, 3.63) is 71.2 Å². The van der Waals surface area contributed by atoms with E-state index in [2.05, 4.69) is 30.9 Å². The predicted molar refractivity (Wildman–Crippen MR) is 90.4 cm³/mol. The van der Waals surface area contributed by atoms with Crippen LogP contribution in [-0.4, -0.2) is 25.3 Å². The van der Waals surface area contributed by atoms with Crippen LogP contribution in [0.25, 0.3) is 11.2 Å². The van der Waals surface area contributed by atoms with E-state index in [0.29, 0.717) is 10.0 Å². The van der Waals surface area contributed by atoms with Gasteiger partial charge >= 0.3 is 5.69 Å². The molecule has 3 aromatic rings. The molecule has 0 saturated heterocycles. The number of rotatable bonds is 3. The van der Waals surface area contributed by atoms with E-state index < -0.39 is 16.8 Å². The average Bonchev–Trinajstić information content (AvgIpc) is 2.54. The van der Waals surface area contributed by atoms with Crippen LogP contribution in [0.4, 0.5) is 0 Å². The number of hydrogen-bond acceptors (Lipinski definition) is 5. The Balaban J connectivity index is 2.11. The summed E-state index contributed by atoms with van der Waals surface area (Å²) in [5, 5.41) is 0. The predicted octanol–water partition coefficient (Wildman–Crippen LogP) is 0.498. The Bertz CT molecular complexity index is 1140. The summed E-state index contributed by atoms with van der Waals surface area (Å²) in [6.07, 6.45) is -0.268. The van der Waals surface area contributed by atoms with E-state index in [1.54, 1.807) is 24.3 Å². The Hall–Kier alpha value is -2.81. The Morgan fingerprint density at radius 3 is 2.58 bits per heavy atom. The number of fused-ring (bicyclic) bond motifs is 1. The van der Waals surface area contributed by atoms with Crippen LogP contribution in [0.3, 0.4) is 0 Å². The molecule has 0 saturated carbocycles. The molecule has 0 amide bonds. The number of H-pyrrole nitrogens is 2. The standard InChI is InChI=1S/C15H11BrN4O4/c1-20-12-11(14(23)19-15(20)24)17-9(13(22)18-12)6-10(21)7-4-2-3-5-8(7)16/h2-5H,6H2,1H3,(H,18,22)(H,19,23,24). The van der Waals surface area contributed by atoms with E-state index in [0.717, 1.165) is 4.57 Å². The zero-order valence-corrected chi connectivity index (χ0v) is 14.0. The summed E-state index contributed by atoms with van der Waals surface area (Å²) in [7, 11) is 1.39. The number of nitrogens with zero attached hydrogens (tertiary/aromatic N) is 2. The quantitative estimate of drug-likeness (QED) is 0.631. The molecule has 0 atom stereocenters. The number of aromatic amines is 2. The van der Waals surface area contributed by atoms with Gasteiger partial charge in [0.05, 0.1) is 6.42 Å². The van der Waals surface area contributed by atoms with Crippen molar-refractivity contribution >= 4 is 32.9 Å². The summed E-state index contributed by atoms with van der Waals surface area (Å²) in [5.41, 5.74) is -1.79. The number of halogens is 1. The van der Waals surface area contributed by atoms with Gasteiger partial charge in [-0.2, -0.15) is 0 Å². The van der Waals surface area contributed by atoms with Crippen LogP contribution in [-0.2, 0) is 13.5 Å². The molecule has 24 heavy (non-hydrogen) atoms. The van der Waals surface area contributed by atoms with E-state index in [9.17, 15) is 19.2 Å². The first-order valence-corrected chi connectivity index (χ1v) is 7.67. The van der Waals surface area contributed by atoms with Crippen molar-refractivity contribution in [2.75, 3.05) is 0 Å². The lowest BCUT2D eigenvalue weighted by atomic mass is 10.1. The first kappa shape index (κ1) is 16.1. The Morgan fingerprint density at radius 1 is 1.17 bits per heavy atom. The van der Waals surface area contributed by atoms with Crippen molar-refractivity contribution in [2.45, 2.75) is 6.42 Å². The molecule has 3 rings (SSSR count). The third kappa shape index (κ3) is 2.73. The van der Waals surface area contributed by atoms with Gasteiger partial charge in [0, 0.05) is 17.1 Å². The maximum absolute atomic E-state index is 12.4. The van der Waals surface area contributed by atoms with Crippen LogP contribution in [0.2, 0.25) is 0 Å². The molecule has 8 nitrogen and oxygen atoms in total. The van der Waals surface area contributed by atoms with Crippen molar-refractivity contribution < 1.29 is 4.79 Å². The number of Topliss-reactive ketones (excluding diaryl/α,β-unsaturated/α-hetero) is 1. The molecular weight excluding hydrogens is 380 g/mol. The molecule has 0 spiro atoms. The molecule has 2 aromatic heterocycles. The summed E-state index contributed by atoms with van der Waals surface area (Å²) in [6.45, 7) is 0. The van der Waals surface area contributed by atoms with Crippen LogP contribution >= 0.6 is 15.9 Å². The zero-order valence-electron chi connectivity index (χ0n) is 12.4. The Morgan fingerprint density at radius 2 is 1.88 bits per heavy atom. The molecule has 0 unspecified atom stereocenters. The highest BCUT2D eigenvalue weighted by Crippen LogP contribution is 2.17. The molecule has 0 radical (unpaired) electrons. The number of aromatic nitrogens is 4. The van der Waals surface area contributed by atoms with Gasteiger partial charge < -0.3 is 4.98 Å². The molecule has 2 heterocycles. The maximum Gasteiger partial charge on any atom is 0.329 e. The lowest BCUT2D eigenvalue weighted by Gasteiger charge is -2.06. The number of benzene rings is 1. The lowest BCUT2D eigenvalue weighted by Crippen LogP contribution is -2.32. The Kier molecular flexibility index (Phi) is 4.02. The van der Waals surface area contributed by atoms with Crippen molar-refractivity contribution in [2.24, 2.45) is 7.05 Å². The van der Waals surface area contributed by atoms with Gasteiger partial charge in [0.25, 0.3) is 11.1 Å². The zero-order chi connectivity index (χ0) is 17.4. The highest BCUT2D eigenvalue weighted by molar-refractivity contribution is 9.10. The van der Waals surface area contributed by atoms with Crippen molar-refractivity contribution in [1.82, 2.24) is 19.5 Å². The topological polar surface area (TPSA) is 118 Å². The number of aryl methyl sites for hydroxylation is 1. The molecule has 122 valence electrons. The highest BCUT2D eigenvalue weighted by Gasteiger charge is 2.16. The molecule has 2 N–H and O–H groups in total. The van der Waals surface area contributed by atoms with E-state index in [1.165, 1.54) is 7.05 Å². The third-order valence-electron chi connectivity index (χ3n) is 3.54. The average molecular weight is 391 g/mol. The van der Waals surface area contributed by atoms with Crippen molar-refractivity contribution in [3.63, 3.8) is 0 Å². The van der Waals surface area contributed by atoms with Crippen LogP contribution in [0.1, 0.15) is 16.1 Å². The van der Waals surface area contributed by atoms with Crippen LogP contribution in [0, 0.1) is 0 Å². The fraction of sp³-hybridized carbons (Fsp3) is 0.133. The fourth-order valence-corrected chi connectivity index (χ4v) is 2.78. The number of ketones is 1. The largest absolute Gasteiger partial charge is 0.329 e. The van der Waals surface area contributed by atoms with E-state index in [-0.39, 0.29) is 29.1 Å². The SMILES string of the molecule is Cn1c(=O)[nH]c(=O)c2nc(CC(=O)c3ccccc3Br)c(=O)[nH]c21. The molecule has 0 bridgehead atoms. The maximum atomic E-state index is 12.4. The summed E-state index contributed by atoms with van der Waals surface area (Å²) in [6, 6.07) is 6.81. The van der Waals surface area contributed by atoms with Crippen molar-refractivity contribution in [3.8, 4) is 0 Å². The minimum absolute atomic E-state index is 0.00541. The molecule has 0 fully saturated rings. The van der Waals surface area contributed by atoms with Gasteiger partial charge in [0.2, 0.25) is 0 Å².